The largest absolute Gasteiger partial charge is 0.229 e. The number of hydrogen-bond donors (Lipinski definition) is 1. The molecule has 0 aromatic carbocycles. The monoisotopic (exact) mass is 270 g/mol. The lowest BCUT2D eigenvalue weighted by Crippen LogP contribution is -2.24. The first-order valence-corrected chi connectivity index (χ1v) is 8.88. The Morgan fingerprint density at radius 1 is 1.33 bits per heavy atom. The Hall–Kier alpha value is 0.650. The van der Waals surface area contributed by atoms with Crippen molar-refractivity contribution in [2.24, 2.45) is 11.3 Å². The van der Waals surface area contributed by atoms with Gasteiger partial charge in [0.15, 0.2) is 0 Å². The predicted molar refractivity (Wildman–Crippen MR) is 73.8 cm³/mol. The molecule has 0 heterocycles. The summed E-state index contributed by atoms with van der Waals surface area (Å²) in [6.45, 7) is 6.60. The van der Waals surface area contributed by atoms with Gasteiger partial charge in [-0.2, -0.15) is 24.4 Å². The van der Waals surface area contributed by atoms with Crippen molar-refractivity contribution in [2.45, 2.75) is 20.8 Å². The maximum Gasteiger partial charge on any atom is 0.148 e. The number of sulfone groups is 1. The van der Waals surface area contributed by atoms with Gasteiger partial charge in [-0.15, -0.1) is 0 Å². The van der Waals surface area contributed by atoms with Crippen molar-refractivity contribution >= 4 is 34.2 Å². The number of thioether (sulfide) groups is 1. The van der Waals surface area contributed by atoms with Crippen molar-refractivity contribution in [3.05, 3.63) is 0 Å². The Kier molecular flexibility index (Phi) is 6.68. The van der Waals surface area contributed by atoms with E-state index in [1.165, 1.54) is 6.26 Å². The molecule has 1 atom stereocenters. The van der Waals surface area contributed by atoms with Crippen LogP contribution in [0.4, 0.5) is 0 Å². The van der Waals surface area contributed by atoms with E-state index in [4.69, 9.17) is 0 Å². The van der Waals surface area contributed by atoms with Gasteiger partial charge in [0, 0.05) is 12.0 Å². The summed E-state index contributed by atoms with van der Waals surface area (Å²) < 4.78 is 21.8. The Balaban J connectivity index is 3.85. The molecule has 0 aliphatic rings. The third-order valence-electron chi connectivity index (χ3n) is 2.36. The van der Waals surface area contributed by atoms with E-state index < -0.39 is 9.84 Å². The molecule has 0 amide bonds. The summed E-state index contributed by atoms with van der Waals surface area (Å²) in [6, 6.07) is 0. The van der Waals surface area contributed by atoms with Crippen LogP contribution in [0.2, 0.25) is 0 Å². The van der Waals surface area contributed by atoms with Crippen molar-refractivity contribution in [1.82, 2.24) is 0 Å². The fraction of sp³-hybridized carbons (Fsp3) is 1.00. The second-order valence-electron chi connectivity index (χ2n) is 4.95. The number of rotatable bonds is 6. The number of hydrogen-bond acceptors (Lipinski definition) is 4. The molecule has 0 saturated heterocycles. The molecule has 0 bridgehead atoms. The predicted octanol–water partition coefficient (Wildman–Crippen LogP) is 2.36. The molecule has 0 saturated carbocycles. The molecule has 0 aliphatic carbocycles. The van der Waals surface area contributed by atoms with Crippen LogP contribution in [0.5, 0.6) is 0 Å². The van der Waals surface area contributed by atoms with Gasteiger partial charge in [0.05, 0.1) is 5.75 Å². The zero-order valence-electron chi connectivity index (χ0n) is 9.99. The van der Waals surface area contributed by atoms with Crippen molar-refractivity contribution in [3.63, 3.8) is 0 Å². The van der Waals surface area contributed by atoms with Crippen LogP contribution in [0, 0.1) is 11.3 Å². The lowest BCUT2D eigenvalue weighted by Gasteiger charge is -2.29. The van der Waals surface area contributed by atoms with Crippen LogP contribution in [-0.4, -0.2) is 37.7 Å². The van der Waals surface area contributed by atoms with Gasteiger partial charge in [-0.1, -0.05) is 20.8 Å². The third-order valence-corrected chi connectivity index (χ3v) is 5.14. The minimum Gasteiger partial charge on any atom is -0.229 e. The Bertz CT molecular complexity index is 265. The summed E-state index contributed by atoms with van der Waals surface area (Å²) >= 11 is 6.05. The van der Waals surface area contributed by atoms with Gasteiger partial charge < -0.3 is 0 Å². The van der Waals surface area contributed by atoms with Crippen LogP contribution in [0.1, 0.15) is 20.8 Å². The zero-order chi connectivity index (χ0) is 12.1. The van der Waals surface area contributed by atoms with E-state index in [1.807, 2.05) is 0 Å². The second kappa shape index (κ2) is 6.40. The molecule has 1 unspecified atom stereocenters. The molecular weight excluding hydrogens is 248 g/mol. The maximum atomic E-state index is 10.9. The standard InChI is InChI=1S/C10H22O2S3/c1-10(2,3)9(7-13)8-14-5-6-15(4,11)12/h9,13H,5-8H2,1-4H3. The van der Waals surface area contributed by atoms with Crippen LogP contribution in [0.25, 0.3) is 0 Å². The second-order valence-corrected chi connectivity index (χ2v) is 8.73. The van der Waals surface area contributed by atoms with Crippen molar-refractivity contribution < 1.29 is 8.42 Å². The van der Waals surface area contributed by atoms with E-state index in [-0.39, 0.29) is 11.2 Å². The highest BCUT2D eigenvalue weighted by atomic mass is 32.2. The maximum absolute atomic E-state index is 10.9. The Morgan fingerprint density at radius 3 is 2.20 bits per heavy atom. The minimum absolute atomic E-state index is 0.250. The first-order valence-electron chi connectivity index (χ1n) is 5.03. The number of thiol groups is 1. The van der Waals surface area contributed by atoms with Gasteiger partial charge in [0.25, 0.3) is 0 Å². The van der Waals surface area contributed by atoms with E-state index in [0.29, 0.717) is 11.7 Å². The fourth-order valence-electron chi connectivity index (χ4n) is 1.01. The van der Waals surface area contributed by atoms with Gasteiger partial charge in [-0.05, 0) is 22.8 Å². The minimum atomic E-state index is -2.80. The molecule has 15 heavy (non-hydrogen) atoms. The molecule has 5 heteroatoms. The first-order chi connectivity index (χ1) is 6.67. The van der Waals surface area contributed by atoms with Gasteiger partial charge in [0.2, 0.25) is 0 Å². The molecule has 0 N–H and O–H groups in total. The van der Waals surface area contributed by atoms with Gasteiger partial charge in [-0.3, -0.25) is 0 Å². The van der Waals surface area contributed by atoms with Crippen molar-refractivity contribution in [1.29, 1.82) is 0 Å². The molecule has 0 aromatic rings. The van der Waals surface area contributed by atoms with E-state index in [1.54, 1.807) is 11.8 Å². The fourth-order valence-corrected chi connectivity index (χ4v) is 4.62. The summed E-state index contributed by atoms with van der Waals surface area (Å²) in [5.74, 6) is 3.35. The van der Waals surface area contributed by atoms with Crippen LogP contribution in [-0.2, 0) is 9.84 Å². The average Bonchev–Trinajstić information content (AvgIpc) is 1.99. The summed E-state index contributed by atoms with van der Waals surface area (Å²) in [6.07, 6.45) is 1.29. The highest BCUT2D eigenvalue weighted by molar-refractivity contribution is 8.00. The van der Waals surface area contributed by atoms with E-state index in [2.05, 4.69) is 33.4 Å². The molecule has 0 radical (unpaired) electrons. The Labute approximate surface area is 104 Å². The molecule has 0 rings (SSSR count). The van der Waals surface area contributed by atoms with Crippen molar-refractivity contribution in [2.75, 3.05) is 29.3 Å². The third kappa shape index (κ3) is 8.46. The molecule has 92 valence electrons. The summed E-state index contributed by atoms with van der Waals surface area (Å²) in [4.78, 5) is 0. The van der Waals surface area contributed by atoms with Crippen LogP contribution < -0.4 is 0 Å². The summed E-state index contributed by atoms with van der Waals surface area (Å²) in [5.41, 5.74) is 0.250. The van der Waals surface area contributed by atoms with E-state index >= 15 is 0 Å². The van der Waals surface area contributed by atoms with Gasteiger partial charge >= 0.3 is 0 Å². The van der Waals surface area contributed by atoms with Crippen LogP contribution in [0.15, 0.2) is 0 Å². The summed E-state index contributed by atoms with van der Waals surface area (Å²) in [5, 5.41) is 0. The zero-order valence-corrected chi connectivity index (χ0v) is 12.5. The van der Waals surface area contributed by atoms with E-state index in [9.17, 15) is 8.42 Å². The van der Waals surface area contributed by atoms with Gasteiger partial charge in [-0.25, -0.2) is 8.42 Å². The van der Waals surface area contributed by atoms with Crippen molar-refractivity contribution in [3.8, 4) is 0 Å². The highest BCUT2D eigenvalue weighted by Gasteiger charge is 2.22. The topological polar surface area (TPSA) is 34.1 Å². The van der Waals surface area contributed by atoms with Gasteiger partial charge in [0.1, 0.15) is 9.84 Å². The normalized spacial score (nSPS) is 15.3. The molecule has 0 fully saturated rings. The highest BCUT2D eigenvalue weighted by Crippen LogP contribution is 2.29. The lowest BCUT2D eigenvalue weighted by molar-refractivity contribution is 0.294. The molecule has 0 aromatic heterocycles. The smallest absolute Gasteiger partial charge is 0.148 e. The SMILES string of the molecule is CC(C)(C)C(CS)CSCCS(C)(=O)=O. The molecule has 0 aliphatic heterocycles. The molecule has 2 nitrogen and oxygen atoms in total. The van der Waals surface area contributed by atoms with Crippen LogP contribution >= 0.6 is 24.4 Å². The lowest BCUT2D eigenvalue weighted by atomic mass is 9.83. The molecule has 0 spiro atoms. The summed E-state index contributed by atoms with van der Waals surface area (Å²) in [7, 11) is -2.80. The first kappa shape index (κ1) is 15.7. The Morgan fingerprint density at radius 2 is 1.87 bits per heavy atom. The van der Waals surface area contributed by atoms with Crippen LogP contribution in [0.3, 0.4) is 0 Å². The average molecular weight is 270 g/mol. The quantitative estimate of drug-likeness (QED) is 0.594. The molecular formula is C10H22O2S3. The van der Waals surface area contributed by atoms with E-state index in [0.717, 1.165) is 11.5 Å².